The second-order valence-corrected chi connectivity index (χ2v) is 2.98. The van der Waals surface area contributed by atoms with E-state index in [1.165, 1.54) is 12.4 Å². The largest absolute Gasteiger partial charge is 0.352 e. The van der Waals surface area contributed by atoms with E-state index >= 15 is 0 Å². The molecule has 9 heteroatoms. The predicted molar refractivity (Wildman–Crippen MR) is 59.8 cm³/mol. The van der Waals surface area contributed by atoms with Gasteiger partial charge in [-0.1, -0.05) is 0 Å². The van der Waals surface area contributed by atoms with Crippen molar-refractivity contribution in [2.75, 3.05) is 18.5 Å². The molecule has 1 aromatic rings. The average molecular weight is 239 g/mol. The molecule has 0 aliphatic carbocycles. The zero-order valence-electron chi connectivity index (χ0n) is 8.93. The Hall–Kier alpha value is -2.42. The molecule has 17 heavy (non-hydrogen) atoms. The maximum atomic E-state index is 11.5. The molecule has 9 nitrogen and oxygen atoms in total. The second-order valence-electron chi connectivity index (χ2n) is 2.98. The van der Waals surface area contributed by atoms with Gasteiger partial charge in [-0.05, 0) is 0 Å². The van der Waals surface area contributed by atoms with E-state index in [4.69, 9.17) is 11.6 Å². The first-order chi connectivity index (χ1) is 8.13. The Bertz CT molecular complexity index is 391. The van der Waals surface area contributed by atoms with Gasteiger partial charge in [-0.3, -0.25) is 4.79 Å². The molecular formula is C8H13N7O2. The number of primary amides is 1. The number of nitrogens with two attached hydrogens (primary N) is 2. The first-order valence-corrected chi connectivity index (χ1v) is 4.73. The van der Waals surface area contributed by atoms with E-state index in [9.17, 15) is 9.59 Å². The van der Waals surface area contributed by atoms with Crippen molar-refractivity contribution in [3.05, 3.63) is 18.1 Å². The minimum atomic E-state index is -0.641. The molecule has 0 atom stereocenters. The first-order valence-electron chi connectivity index (χ1n) is 4.73. The van der Waals surface area contributed by atoms with E-state index in [1.807, 2.05) is 0 Å². The summed E-state index contributed by atoms with van der Waals surface area (Å²) in [4.78, 5) is 29.5. The van der Waals surface area contributed by atoms with Crippen LogP contribution < -0.4 is 27.6 Å². The topological polar surface area (TPSA) is 148 Å². The van der Waals surface area contributed by atoms with Crippen LogP contribution in [0.3, 0.4) is 0 Å². The molecule has 0 aromatic carbocycles. The van der Waals surface area contributed by atoms with E-state index in [-0.39, 0.29) is 18.8 Å². The molecule has 0 unspecified atom stereocenters. The summed E-state index contributed by atoms with van der Waals surface area (Å²) in [5.74, 6) is 5.06. The van der Waals surface area contributed by atoms with Gasteiger partial charge in [0.1, 0.15) is 5.69 Å². The predicted octanol–water partition coefficient (Wildman–Crippen LogP) is -1.84. The van der Waals surface area contributed by atoms with Gasteiger partial charge >= 0.3 is 6.03 Å². The molecule has 92 valence electrons. The molecule has 0 aliphatic rings. The van der Waals surface area contributed by atoms with Gasteiger partial charge in [-0.2, -0.15) is 0 Å². The number of nitrogen functional groups attached to an aromatic ring is 1. The molecule has 0 fully saturated rings. The molecule has 0 aliphatic heterocycles. The maximum absolute atomic E-state index is 11.5. The van der Waals surface area contributed by atoms with Crippen molar-refractivity contribution in [2.24, 2.45) is 11.6 Å². The van der Waals surface area contributed by atoms with E-state index in [0.717, 1.165) is 0 Å². The van der Waals surface area contributed by atoms with Gasteiger partial charge in [0.2, 0.25) is 0 Å². The SMILES string of the molecule is NNc1cnc(C(=O)NCCNC(N)=O)cn1. The number of carbonyl (C=O) groups is 2. The minimum Gasteiger partial charge on any atom is -0.352 e. The Kier molecular flexibility index (Phi) is 4.63. The van der Waals surface area contributed by atoms with Gasteiger partial charge in [0.25, 0.3) is 5.91 Å². The van der Waals surface area contributed by atoms with Gasteiger partial charge in [0, 0.05) is 13.1 Å². The zero-order valence-corrected chi connectivity index (χ0v) is 8.93. The lowest BCUT2D eigenvalue weighted by Gasteiger charge is -2.05. The highest BCUT2D eigenvalue weighted by Gasteiger charge is 2.06. The summed E-state index contributed by atoms with van der Waals surface area (Å²) in [6.45, 7) is 0.497. The van der Waals surface area contributed by atoms with Crippen LogP contribution in [0.25, 0.3) is 0 Å². The highest BCUT2D eigenvalue weighted by Crippen LogP contribution is 1.98. The summed E-state index contributed by atoms with van der Waals surface area (Å²) in [5, 5.41) is 4.86. The number of aromatic nitrogens is 2. The van der Waals surface area contributed by atoms with E-state index in [1.54, 1.807) is 0 Å². The van der Waals surface area contributed by atoms with Crippen molar-refractivity contribution < 1.29 is 9.59 Å². The van der Waals surface area contributed by atoms with Crippen LogP contribution in [-0.2, 0) is 0 Å². The minimum absolute atomic E-state index is 0.156. The van der Waals surface area contributed by atoms with Crippen molar-refractivity contribution in [2.45, 2.75) is 0 Å². The van der Waals surface area contributed by atoms with Crippen LogP contribution in [0.5, 0.6) is 0 Å². The summed E-state index contributed by atoms with van der Waals surface area (Å²) in [5.41, 5.74) is 7.30. The fourth-order valence-electron chi connectivity index (χ4n) is 0.972. The molecule has 0 saturated carbocycles. The summed E-state index contributed by atoms with van der Waals surface area (Å²) in [6.07, 6.45) is 2.61. The normalized spacial score (nSPS) is 9.47. The zero-order chi connectivity index (χ0) is 12.7. The van der Waals surface area contributed by atoms with Crippen molar-refractivity contribution >= 4 is 17.8 Å². The Labute approximate surface area is 97.0 Å². The van der Waals surface area contributed by atoms with Crippen LogP contribution in [-0.4, -0.2) is 35.0 Å². The van der Waals surface area contributed by atoms with Crippen molar-refractivity contribution in [1.29, 1.82) is 0 Å². The van der Waals surface area contributed by atoms with Crippen LogP contribution in [0.15, 0.2) is 12.4 Å². The standard InChI is InChI=1S/C8H13N7O2/c9-8(17)12-2-1-11-7(16)5-3-14-6(15-10)4-13-5/h3-4H,1-2,10H2,(H,11,16)(H,14,15)(H3,9,12,17). The van der Waals surface area contributed by atoms with Crippen LogP contribution >= 0.6 is 0 Å². The van der Waals surface area contributed by atoms with E-state index in [2.05, 4.69) is 26.0 Å². The smallest absolute Gasteiger partial charge is 0.312 e. The molecule has 1 heterocycles. The number of urea groups is 1. The summed E-state index contributed by atoms with van der Waals surface area (Å²) >= 11 is 0. The third-order valence-corrected chi connectivity index (χ3v) is 1.74. The fourth-order valence-corrected chi connectivity index (χ4v) is 0.972. The summed E-state index contributed by atoms with van der Waals surface area (Å²) < 4.78 is 0. The maximum Gasteiger partial charge on any atom is 0.312 e. The number of anilines is 1. The lowest BCUT2D eigenvalue weighted by molar-refractivity contribution is 0.0948. The number of hydrazine groups is 1. The number of carbonyl (C=O) groups excluding carboxylic acids is 2. The fraction of sp³-hybridized carbons (Fsp3) is 0.250. The number of nitrogens with one attached hydrogen (secondary N) is 3. The number of nitrogens with zero attached hydrogens (tertiary/aromatic N) is 2. The summed E-state index contributed by atoms with van der Waals surface area (Å²) in [7, 11) is 0. The molecule has 0 bridgehead atoms. The number of hydrogen-bond donors (Lipinski definition) is 5. The van der Waals surface area contributed by atoms with Gasteiger partial charge < -0.3 is 21.8 Å². The second kappa shape index (κ2) is 6.23. The Balaban J connectivity index is 2.38. The number of rotatable bonds is 5. The third-order valence-electron chi connectivity index (χ3n) is 1.74. The quantitative estimate of drug-likeness (QED) is 0.231. The number of amides is 3. The highest BCUT2D eigenvalue weighted by atomic mass is 16.2. The molecule has 0 saturated heterocycles. The van der Waals surface area contributed by atoms with Gasteiger partial charge in [0.15, 0.2) is 5.82 Å². The van der Waals surface area contributed by atoms with Crippen LogP contribution in [0.2, 0.25) is 0 Å². The Morgan fingerprint density at radius 2 is 1.88 bits per heavy atom. The molecule has 1 aromatic heterocycles. The van der Waals surface area contributed by atoms with E-state index < -0.39 is 11.9 Å². The van der Waals surface area contributed by atoms with Crippen LogP contribution in [0.4, 0.5) is 10.6 Å². The van der Waals surface area contributed by atoms with Gasteiger partial charge in [-0.25, -0.2) is 20.6 Å². The molecule has 0 spiro atoms. The number of hydrogen-bond acceptors (Lipinski definition) is 6. The van der Waals surface area contributed by atoms with Gasteiger partial charge in [-0.15, -0.1) is 0 Å². The lowest BCUT2D eigenvalue weighted by Crippen LogP contribution is -2.37. The monoisotopic (exact) mass is 239 g/mol. The average Bonchev–Trinajstić information content (AvgIpc) is 2.34. The third kappa shape index (κ3) is 4.30. The van der Waals surface area contributed by atoms with Crippen LogP contribution in [0, 0.1) is 0 Å². The van der Waals surface area contributed by atoms with Crippen LogP contribution in [0.1, 0.15) is 10.5 Å². The van der Waals surface area contributed by atoms with Crippen molar-refractivity contribution in [1.82, 2.24) is 20.6 Å². The molecule has 1 rings (SSSR count). The molecule has 0 radical (unpaired) electrons. The molecule has 7 N–H and O–H groups in total. The van der Waals surface area contributed by atoms with Gasteiger partial charge in [0.05, 0.1) is 12.4 Å². The molecule has 3 amide bonds. The first kappa shape index (κ1) is 12.6. The Morgan fingerprint density at radius 1 is 1.18 bits per heavy atom. The highest BCUT2D eigenvalue weighted by molar-refractivity contribution is 5.92. The van der Waals surface area contributed by atoms with E-state index in [0.29, 0.717) is 5.82 Å². The molecular weight excluding hydrogens is 226 g/mol. The summed E-state index contributed by atoms with van der Waals surface area (Å²) in [6, 6.07) is -0.641. The van der Waals surface area contributed by atoms with Crippen molar-refractivity contribution in [3.63, 3.8) is 0 Å². The lowest BCUT2D eigenvalue weighted by atomic mass is 10.4. The van der Waals surface area contributed by atoms with Crippen molar-refractivity contribution in [3.8, 4) is 0 Å². The Morgan fingerprint density at radius 3 is 2.41 bits per heavy atom.